The Kier molecular flexibility index (Phi) is 4.17. The predicted molar refractivity (Wildman–Crippen MR) is 63.8 cm³/mol. The number of hydrogen-bond acceptors (Lipinski definition) is 4. The number of benzene rings is 1. The van der Waals surface area contributed by atoms with Crippen molar-refractivity contribution in [1.82, 2.24) is 4.90 Å². The van der Waals surface area contributed by atoms with Gasteiger partial charge in [-0.05, 0) is 18.6 Å². The Morgan fingerprint density at radius 1 is 1.53 bits per heavy atom. The van der Waals surface area contributed by atoms with E-state index in [-0.39, 0.29) is 17.2 Å². The van der Waals surface area contributed by atoms with Crippen LogP contribution in [0, 0.1) is 17.0 Å². The maximum atomic E-state index is 12.0. The maximum Gasteiger partial charge on any atom is 0.282 e. The van der Waals surface area contributed by atoms with Crippen LogP contribution in [-0.4, -0.2) is 35.9 Å². The Balaban J connectivity index is 3.15. The second kappa shape index (κ2) is 5.40. The van der Waals surface area contributed by atoms with E-state index in [2.05, 4.69) is 0 Å². The van der Waals surface area contributed by atoms with E-state index >= 15 is 0 Å². The number of aryl methyl sites for hydroxylation is 1. The van der Waals surface area contributed by atoms with E-state index in [1.807, 2.05) is 0 Å². The van der Waals surface area contributed by atoms with Crippen LogP contribution in [0.25, 0.3) is 0 Å². The lowest BCUT2D eigenvalue weighted by Crippen LogP contribution is -2.32. The highest BCUT2D eigenvalue weighted by Gasteiger charge is 2.22. The zero-order valence-electron chi connectivity index (χ0n) is 9.84. The molecule has 17 heavy (non-hydrogen) atoms. The number of carbonyl (C=O) groups is 1. The van der Waals surface area contributed by atoms with Crippen LogP contribution in [0.3, 0.4) is 0 Å². The third-order valence-electron chi connectivity index (χ3n) is 2.39. The lowest BCUT2D eigenvalue weighted by molar-refractivity contribution is -0.385. The van der Waals surface area contributed by atoms with Gasteiger partial charge in [0, 0.05) is 26.2 Å². The highest BCUT2D eigenvalue weighted by atomic mass is 16.6. The summed E-state index contributed by atoms with van der Waals surface area (Å²) in [6.07, 6.45) is 0. The summed E-state index contributed by atoms with van der Waals surface area (Å²) in [6.45, 7) is 2.47. The van der Waals surface area contributed by atoms with Gasteiger partial charge in [-0.15, -0.1) is 0 Å². The summed E-state index contributed by atoms with van der Waals surface area (Å²) in [5.74, 6) is -0.383. The van der Waals surface area contributed by atoms with Crippen molar-refractivity contribution in [3.63, 3.8) is 0 Å². The molecule has 0 saturated carbocycles. The molecule has 2 N–H and O–H groups in total. The Labute approximate surface area is 99.2 Å². The molecular formula is C11H15N3O3. The minimum absolute atomic E-state index is 0.103. The number of rotatable bonds is 4. The molecule has 0 aliphatic heterocycles. The van der Waals surface area contributed by atoms with E-state index in [4.69, 9.17) is 5.73 Å². The van der Waals surface area contributed by atoms with Crippen molar-refractivity contribution in [2.75, 3.05) is 20.1 Å². The van der Waals surface area contributed by atoms with Gasteiger partial charge in [0.2, 0.25) is 0 Å². The molecule has 1 amide bonds. The average molecular weight is 237 g/mol. The molecule has 0 unspecified atom stereocenters. The number of carbonyl (C=O) groups excluding carboxylic acids is 1. The lowest BCUT2D eigenvalue weighted by atomic mass is 10.1. The third-order valence-corrected chi connectivity index (χ3v) is 2.39. The van der Waals surface area contributed by atoms with Crippen molar-refractivity contribution in [3.8, 4) is 0 Å². The van der Waals surface area contributed by atoms with Crippen LogP contribution in [0.1, 0.15) is 15.9 Å². The smallest absolute Gasteiger partial charge is 0.282 e. The molecule has 0 aliphatic carbocycles. The number of likely N-dealkylation sites (N-methyl/N-ethyl adjacent to an activating group) is 1. The van der Waals surface area contributed by atoms with E-state index in [1.54, 1.807) is 20.0 Å². The quantitative estimate of drug-likeness (QED) is 0.623. The lowest BCUT2D eigenvalue weighted by Gasteiger charge is -2.16. The molecular weight excluding hydrogens is 222 g/mol. The summed E-state index contributed by atoms with van der Waals surface area (Å²) in [6, 6.07) is 4.48. The van der Waals surface area contributed by atoms with Gasteiger partial charge in [0.25, 0.3) is 11.6 Å². The average Bonchev–Trinajstić information content (AvgIpc) is 2.27. The minimum Gasteiger partial charge on any atom is -0.340 e. The van der Waals surface area contributed by atoms with Gasteiger partial charge in [0.15, 0.2) is 0 Å². The highest BCUT2D eigenvalue weighted by Crippen LogP contribution is 2.21. The Morgan fingerprint density at radius 2 is 2.18 bits per heavy atom. The van der Waals surface area contributed by atoms with Crippen LogP contribution >= 0.6 is 0 Å². The molecule has 6 nitrogen and oxygen atoms in total. The summed E-state index contributed by atoms with van der Waals surface area (Å²) in [4.78, 5) is 23.6. The van der Waals surface area contributed by atoms with E-state index in [9.17, 15) is 14.9 Å². The molecule has 1 rings (SSSR count). The van der Waals surface area contributed by atoms with Gasteiger partial charge in [-0.1, -0.05) is 6.07 Å². The molecule has 92 valence electrons. The molecule has 6 heteroatoms. The standard InChI is InChI=1S/C11H15N3O3/c1-8-3-4-10(14(16)17)9(7-8)11(15)13(2)6-5-12/h3-4,7H,5-6,12H2,1-2H3. The minimum atomic E-state index is -0.553. The zero-order chi connectivity index (χ0) is 13.0. The van der Waals surface area contributed by atoms with Crippen LogP contribution in [0.5, 0.6) is 0 Å². The van der Waals surface area contributed by atoms with E-state index in [0.29, 0.717) is 13.1 Å². The summed E-state index contributed by atoms with van der Waals surface area (Å²) in [5, 5.41) is 10.8. The van der Waals surface area contributed by atoms with Crippen molar-refractivity contribution in [2.24, 2.45) is 5.73 Å². The summed E-state index contributed by atoms with van der Waals surface area (Å²) >= 11 is 0. The van der Waals surface area contributed by atoms with Gasteiger partial charge in [-0.3, -0.25) is 14.9 Å². The molecule has 1 aromatic rings. The normalized spacial score (nSPS) is 10.1. The van der Waals surface area contributed by atoms with Gasteiger partial charge in [-0.2, -0.15) is 0 Å². The molecule has 0 atom stereocenters. The molecule has 0 spiro atoms. The molecule has 0 aromatic heterocycles. The van der Waals surface area contributed by atoms with Crippen molar-refractivity contribution in [1.29, 1.82) is 0 Å². The molecule has 0 saturated heterocycles. The van der Waals surface area contributed by atoms with Crippen molar-refractivity contribution in [2.45, 2.75) is 6.92 Å². The Hall–Kier alpha value is -1.95. The SMILES string of the molecule is Cc1ccc([N+](=O)[O-])c(C(=O)N(C)CCN)c1. The predicted octanol–water partition coefficient (Wildman–Crippen LogP) is 0.934. The zero-order valence-corrected chi connectivity index (χ0v) is 9.84. The Morgan fingerprint density at radius 3 is 2.71 bits per heavy atom. The van der Waals surface area contributed by atoms with E-state index in [0.717, 1.165) is 5.56 Å². The van der Waals surface area contributed by atoms with E-state index < -0.39 is 4.92 Å². The topological polar surface area (TPSA) is 89.5 Å². The summed E-state index contributed by atoms with van der Waals surface area (Å²) in [5.41, 5.74) is 6.08. The fourth-order valence-corrected chi connectivity index (χ4v) is 1.48. The van der Waals surface area contributed by atoms with Crippen molar-refractivity contribution >= 4 is 11.6 Å². The number of amides is 1. The molecule has 1 aromatic carbocycles. The number of hydrogen-bond donors (Lipinski definition) is 1. The third kappa shape index (κ3) is 3.01. The number of nitro groups is 1. The molecule has 0 fully saturated rings. The molecule has 0 bridgehead atoms. The van der Waals surface area contributed by atoms with Crippen molar-refractivity contribution in [3.05, 3.63) is 39.4 Å². The van der Waals surface area contributed by atoms with Crippen LogP contribution in [-0.2, 0) is 0 Å². The van der Waals surface area contributed by atoms with Crippen molar-refractivity contribution < 1.29 is 9.72 Å². The molecule has 0 heterocycles. The van der Waals surface area contributed by atoms with Gasteiger partial charge in [-0.25, -0.2) is 0 Å². The second-order valence-corrected chi connectivity index (χ2v) is 3.79. The first-order valence-corrected chi connectivity index (χ1v) is 5.18. The highest BCUT2D eigenvalue weighted by molar-refractivity contribution is 5.98. The first-order valence-electron chi connectivity index (χ1n) is 5.18. The van der Waals surface area contributed by atoms with Crippen LogP contribution in [0.2, 0.25) is 0 Å². The Bertz CT molecular complexity index is 446. The first kappa shape index (κ1) is 13.1. The van der Waals surface area contributed by atoms with Crippen LogP contribution in [0.15, 0.2) is 18.2 Å². The molecule has 0 radical (unpaired) electrons. The monoisotopic (exact) mass is 237 g/mol. The summed E-state index contributed by atoms with van der Waals surface area (Å²) < 4.78 is 0. The number of nitro benzene ring substituents is 1. The number of nitrogens with zero attached hydrogens (tertiary/aromatic N) is 2. The molecule has 0 aliphatic rings. The maximum absolute atomic E-state index is 12.0. The fraction of sp³-hybridized carbons (Fsp3) is 0.364. The first-order chi connectivity index (χ1) is 7.97. The van der Waals surface area contributed by atoms with Gasteiger partial charge < -0.3 is 10.6 Å². The fourth-order valence-electron chi connectivity index (χ4n) is 1.48. The van der Waals surface area contributed by atoms with E-state index in [1.165, 1.54) is 17.0 Å². The number of nitrogens with two attached hydrogens (primary N) is 1. The van der Waals surface area contributed by atoms with Gasteiger partial charge >= 0.3 is 0 Å². The van der Waals surface area contributed by atoms with Crippen LogP contribution in [0.4, 0.5) is 5.69 Å². The van der Waals surface area contributed by atoms with Crippen LogP contribution < -0.4 is 5.73 Å². The largest absolute Gasteiger partial charge is 0.340 e. The van der Waals surface area contributed by atoms with Gasteiger partial charge in [0.1, 0.15) is 5.56 Å². The van der Waals surface area contributed by atoms with Gasteiger partial charge in [0.05, 0.1) is 4.92 Å². The summed E-state index contributed by atoms with van der Waals surface area (Å²) in [7, 11) is 1.57. The second-order valence-electron chi connectivity index (χ2n) is 3.79.